The van der Waals surface area contributed by atoms with Crippen molar-refractivity contribution < 1.29 is 18.3 Å². The first-order valence-corrected chi connectivity index (χ1v) is 8.04. The molecule has 2 N–H and O–H groups in total. The molecule has 3 rings (SSSR count). The van der Waals surface area contributed by atoms with Crippen molar-refractivity contribution in [3.63, 3.8) is 0 Å². The van der Waals surface area contributed by atoms with E-state index in [0.717, 1.165) is 13.1 Å². The first kappa shape index (κ1) is 19.9. The van der Waals surface area contributed by atoms with Gasteiger partial charge in [0.1, 0.15) is 5.75 Å². The minimum absolute atomic E-state index is 0. The highest BCUT2D eigenvalue weighted by Gasteiger charge is 2.20. The number of nitrogens with zero attached hydrogens (tertiary/aromatic N) is 1. The summed E-state index contributed by atoms with van der Waals surface area (Å²) in [5.41, 5.74) is 1.94. The van der Waals surface area contributed by atoms with E-state index in [9.17, 15) is 13.6 Å². The number of amides is 1. The molecule has 0 radical (unpaired) electrons. The lowest BCUT2D eigenvalue weighted by atomic mass is 10.1. The van der Waals surface area contributed by atoms with E-state index in [1.165, 1.54) is 12.1 Å². The SMILES string of the molecule is Cl.O=C(c1ccccc1Nc1ccc(OC(F)F)cc1)N1CCNCC1. The lowest BCUT2D eigenvalue weighted by Gasteiger charge is -2.28. The van der Waals surface area contributed by atoms with Crippen LogP contribution in [-0.4, -0.2) is 43.6 Å². The number of benzene rings is 2. The van der Waals surface area contributed by atoms with Gasteiger partial charge in [-0.05, 0) is 36.4 Å². The maximum atomic E-state index is 12.7. The average molecular weight is 384 g/mol. The van der Waals surface area contributed by atoms with Crippen LogP contribution in [-0.2, 0) is 0 Å². The standard InChI is InChI=1S/C18H19F2N3O2.ClH/c19-18(20)25-14-7-5-13(6-8-14)22-16-4-2-1-3-15(16)17(24)23-11-9-21-10-12-23;/h1-8,18,21-22H,9-12H2;1H. The van der Waals surface area contributed by atoms with Gasteiger partial charge >= 0.3 is 6.61 Å². The largest absolute Gasteiger partial charge is 0.435 e. The zero-order valence-electron chi connectivity index (χ0n) is 14.0. The first-order valence-electron chi connectivity index (χ1n) is 8.04. The number of halogens is 3. The van der Waals surface area contributed by atoms with Crippen molar-refractivity contribution in [3.05, 3.63) is 54.1 Å². The fourth-order valence-electron chi connectivity index (χ4n) is 2.69. The van der Waals surface area contributed by atoms with Crippen molar-refractivity contribution in [1.82, 2.24) is 10.2 Å². The van der Waals surface area contributed by atoms with Gasteiger partial charge in [-0.3, -0.25) is 4.79 Å². The van der Waals surface area contributed by atoms with Crippen LogP contribution >= 0.6 is 12.4 Å². The third kappa shape index (κ3) is 5.06. The number of ether oxygens (including phenoxy) is 1. The van der Waals surface area contributed by atoms with Crippen LogP contribution in [0.1, 0.15) is 10.4 Å². The second-order valence-corrected chi connectivity index (χ2v) is 5.62. The molecule has 1 aliphatic rings. The minimum Gasteiger partial charge on any atom is -0.435 e. The zero-order chi connectivity index (χ0) is 17.6. The zero-order valence-corrected chi connectivity index (χ0v) is 14.8. The van der Waals surface area contributed by atoms with Gasteiger partial charge in [0.05, 0.1) is 11.3 Å². The molecule has 1 saturated heterocycles. The van der Waals surface area contributed by atoms with Crippen LogP contribution in [0.15, 0.2) is 48.5 Å². The van der Waals surface area contributed by atoms with Gasteiger partial charge in [0.25, 0.3) is 5.91 Å². The molecule has 5 nitrogen and oxygen atoms in total. The summed E-state index contributed by atoms with van der Waals surface area (Å²) in [6.45, 7) is 0.0655. The van der Waals surface area contributed by atoms with Crippen molar-refractivity contribution in [2.24, 2.45) is 0 Å². The van der Waals surface area contributed by atoms with Crippen molar-refractivity contribution in [2.45, 2.75) is 6.61 Å². The second-order valence-electron chi connectivity index (χ2n) is 5.62. The highest BCUT2D eigenvalue weighted by Crippen LogP contribution is 2.24. The van der Waals surface area contributed by atoms with Gasteiger partial charge in [-0.1, -0.05) is 12.1 Å². The molecule has 140 valence electrons. The summed E-state index contributed by atoms with van der Waals surface area (Å²) < 4.78 is 28.7. The molecule has 26 heavy (non-hydrogen) atoms. The van der Waals surface area contributed by atoms with Crippen molar-refractivity contribution in [1.29, 1.82) is 0 Å². The summed E-state index contributed by atoms with van der Waals surface area (Å²) in [7, 11) is 0. The number of carbonyl (C=O) groups is 1. The number of hydrogen-bond donors (Lipinski definition) is 2. The number of piperazine rings is 1. The Morgan fingerprint density at radius 3 is 2.38 bits per heavy atom. The van der Waals surface area contributed by atoms with Gasteiger partial charge in [-0.15, -0.1) is 12.4 Å². The van der Waals surface area contributed by atoms with Crippen LogP contribution in [0, 0.1) is 0 Å². The van der Waals surface area contributed by atoms with Gasteiger partial charge < -0.3 is 20.3 Å². The summed E-state index contributed by atoms with van der Waals surface area (Å²) in [5, 5.41) is 6.39. The molecular weight excluding hydrogens is 364 g/mol. The summed E-state index contributed by atoms with van der Waals surface area (Å²) in [6.07, 6.45) is 0. The van der Waals surface area contributed by atoms with Gasteiger partial charge in [0.15, 0.2) is 0 Å². The Balaban J connectivity index is 0.00000243. The monoisotopic (exact) mass is 383 g/mol. The molecule has 0 atom stereocenters. The lowest BCUT2D eigenvalue weighted by molar-refractivity contribution is -0.0498. The van der Waals surface area contributed by atoms with Crippen LogP contribution in [0.2, 0.25) is 0 Å². The number of carbonyl (C=O) groups excluding carboxylic acids is 1. The molecule has 1 fully saturated rings. The smallest absolute Gasteiger partial charge is 0.387 e. The molecule has 0 bridgehead atoms. The third-order valence-corrected chi connectivity index (χ3v) is 3.92. The average Bonchev–Trinajstić information content (AvgIpc) is 2.63. The highest BCUT2D eigenvalue weighted by atomic mass is 35.5. The fraction of sp³-hybridized carbons (Fsp3) is 0.278. The Bertz CT molecular complexity index is 723. The van der Waals surface area contributed by atoms with E-state index in [-0.39, 0.29) is 24.1 Å². The van der Waals surface area contributed by atoms with E-state index in [4.69, 9.17) is 0 Å². The highest BCUT2D eigenvalue weighted by molar-refractivity contribution is 6.00. The number of alkyl halides is 2. The van der Waals surface area contributed by atoms with E-state index < -0.39 is 6.61 Å². The Hall–Kier alpha value is -2.38. The minimum atomic E-state index is -2.85. The predicted octanol–water partition coefficient (Wildman–Crippen LogP) is 3.50. The number of anilines is 2. The van der Waals surface area contributed by atoms with Crippen LogP contribution in [0.5, 0.6) is 5.75 Å². The molecule has 1 aliphatic heterocycles. The summed E-state index contributed by atoms with van der Waals surface area (Å²) >= 11 is 0. The Kier molecular flexibility index (Phi) is 7.17. The van der Waals surface area contributed by atoms with Crippen molar-refractivity contribution in [2.75, 3.05) is 31.5 Å². The summed E-state index contributed by atoms with van der Waals surface area (Å²) in [5.74, 6) is 0.0629. The number of nitrogens with one attached hydrogen (secondary N) is 2. The predicted molar refractivity (Wildman–Crippen MR) is 98.8 cm³/mol. The van der Waals surface area contributed by atoms with Crippen LogP contribution in [0.4, 0.5) is 20.2 Å². The van der Waals surface area contributed by atoms with E-state index in [1.54, 1.807) is 18.2 Å². The maximum absolute atomic E-state index is 12.7. The molecule has 8 heteroatoms. The fourth-order valence-corrected chi connectivity index (χ4v) is 2.69. The van der Waals surface area contributed by atoms with Crippen molar-refractivity contribution >= 4 is 29.7 Å². The molecular formula is C18H20ClF2N3O2. The van der Waals surface area contributed by atoms with E-state index in [1.807, 2.05) is 23.1 Å². The Morgan fingerprint density at radius 2 is 1.73 bits per heavy atom. The van der Waals surface area contributed by atoms with Crippen LogP contribution in [0.3, 0.4) is 0 Å². The maximum Gasteiger partial charge on any atom is 0.387 e. The van der Waals surface area contributed by atoms with Gasteiger partial charge in [-0.2, -0.15) is 8.78 Å². The van der Waals surface area contributed by atoms with Gasteiger partial charge in [0, 0.05) is 31.9 Å². The van der Waals surface area contributed by atoms with Gasteiger partial charge in [0.2, 0.25) is 0 Å². The van der Waals surface area contributed by atoms with E-state index in [0.29, 0.717) is 30.0 Å². The molecule has 0 unspecified atom stereocenters. The van der Waals surface area contributed by atoms with Gasteiger partial charge in [-0.25, -0.2) is 0 Å². The molecule has 0 aromatic heterocycles. The number of para-hydroxylation sites is 1. The second kappa shape index (κ2) is 9.35. The van der Waals surface area contributed by atoms with Crippen LogP contribution in [0.25, 0.3) is 0 Å². The molecule has 1 amide bonds. The third-order valence-electron chi connectivity index (χ3n) is 3.92. The quantitative estimate of drug-likeness (QED) is 0.829. The first-order chi connectivity index (χ1) is 12.1. The Labute approximate surface area is 156 Å². The lowest BCUT2D eigenvalue weighted by Crippen LogP contribution is -2.46. The molecule has 1 heterocycles. The molecule has 0 saturated carbocycles. The summed E-state index contributed by atoms with van der Waals surface area (Å²) in [4.78, 5) is 14.6. The topological polar surface area (TPSA) is 53.6 Å². The Morgan fingerprint density at radius 1 is 1.08 bits per heavy atom. The van der Waals surface area contributed by atoms with E-state index in [2.05, 4.69) is 15.4 Å². The van der Waals surface area contributed by atoms with Crippen LogP contribution < -0.4 is 15.4 Å². The summed E-state index contributed by atoms with van der Waals surface area (Å²) in [6, 6.07) is 13.4. The number of rotatable bonds is 5. The van der Waals surface area contributed by atoms with Crippen molar-refractivity contribution in [3.8, 4) is 5.75 Å². The molecule has 0 spiro atoms. The number of hydrogen-bond acceptors (Lipinski definition) is 4. The molecule has 2 aromatic rings. The normalized spacial score (nSPS) is 13.9. The van der Waals surface area contributed by atoms with E-state index >= 15 is 0 Å². The molecule has 2 aromatic carbocycles. The molecule has 0 aliphatic carbocycles.